The molecule has 0 aliphatic carbocycles. The number of aromatic nitrogens is 2. The van der Waals surface area contributed by atoms with Gasteiger partial charge in [0, 0.05) is 10.6 Å². The van der Waals surface area contributed by atoms with Gasteiger partial charge in [-0.15, -0.1) is 0 Å². The molecule has 0 bridgehead atoms. The second-order valence-corrected chi connectivity index (χ2v) is 8.14. The van der Waals surface area contributed by atoms with Crippen molar-refractivity contribution in [3.05, 3.63) is 53.1 Å². The Labute approximate surface area is 148 Å². The van der Waals surface area contributed by atoms with Crippen molar-refractivity contribution in [2.75, 3.05) is 21.1 Å². The quantitative estimate of drug-likeness (QED) is 0.718. The Morgan fingerprint density at radius 1 is 1.17 bits per heavy atom. The van der Waals surface area contributed by atoms with Crippen LogP contribution in [0.25, 0.3) is 11.0 Å². The molecule has 0 saturated heterocycles. The maximum atomic E-state index is 12.7. The molecule has 1 unspecified atom stereocenters. The number of aromatic amines is 1. The minimum absolute atomic E-state index is 0. The second kappa shape index (κ2) is 7.03. The lowest BCUT2D eigenvalue weighted by atomic mass is 10.2. The standard InChI is InChI=1S/C17H19ClN3OS.H2O/c1-21(2,3)16-7-5-4-6-12(16)11-23(22)17-19-14-9-8-13(18)10-15(14)20-17;/h4-10H,11H2,1-3H3,(H,19,20);1H2/q+1;/p-1. The Balaban J connectivity index is 0.00000208. The molecule has 128 valence electrons. The van der Waals surface area contributed by atoms with Crippen LogP contribution in [0.4, 0.5) is 5.69 Å². The highest BCUT2D eigenvalue weighted by Crippen LogP contribution is 2.25. The molecule has 0 spiro atoms. The number of para-hydroxylation sites is 1. The van der Waals surface area contributed by atoms with E-state index in [1.54, 1.807) is 12.1 Å². The van der Waals surface area contributed by atoms with Gasteiger partial charge in [-0.05, 0) is 24.3 Å². The number of benzene rings is 2. The number of nitrogens with zero attached hydrogens (tertiary/aromatic N) is 2. The van der Waals surface area contributed by atoms with Crippen LogP contribution in [0.1, 0.15) is 5.56 Å². The van der Waals surface area contributed by atoms with Crippen LogP contribution in [0, 0.1) is 0 Å². The third-order valence-electron chi connectivity index (χ3n) is 3.64. The zero-order valence-electron chi connectivity index (χ0n) is 13.8. The molecule has 3 rings (SSSR count). The van der Waals surface area contributed by atoms with E-state index in [4.69, 9.17) is 11.6 Å². The zero-order valence-corrected chi connectivity index (χ0v) is 15.4. The van der Waals surface area contributed by atoms with Crippen LogP contribution >= 0.6 is 11.6 Å². The Morgan fingerprint density at radius 3 is 2.58 bits per heavy atom. The number of rotatable bonds is 4. The van der Waals surface area contributed by atoms with Crippen LogP contribution in [0.3, 0.4) is 0 Å². The van der Waals surface area contributed by atoms with E-state index in [0.29, 0.717) is 20.4 Å². The highest BCUT2D eigenvalue weighted by atomic mass is 35.5. The van der Waals surface area contributed by atoms with Gasteiger partial charge in [-0.3, -0.25) is 8.69 Å². The zero-order chi connectivity index (χ0) is 16.6. The van der Waals surface area contributed by atoms with Gasteiger partial charge in [0.15, 0.2) is 5.16 Å². The molecule has 1 aromatic heterocycles. The predicted molar refractivity (Wildman–Crippen MR) is 99.2 cm³/mol. The fourth-order valence-electron chi connectivity index (χ4n) is 2.56. The summed E-state index contributed by atoms with van der Waals surface area (Å²) in [6.07, 6.45) is 0. The van der Waals surface area contributed by atoms with Gasteiger partial charge in [0.1, 0.15) is 5.69 Å². The number of fused-ring (bicyclic) bond motifs is 1. The summed E-state index contributed by atoms with van der Waals surface area (Å²) in [5.41, 5.74) is 3.80. The highest BCUT2D eigenvalue weighted by Gasteiger charge is 2.20. The molecule has 1 atom stereocenters. The van der Waals surface area contributed by atoms with Gasteiger partial charge in [0.25, 0.3) is 0 Å². The number of hydrogen-bond donors (Lipinski definition) is 1. The molecule has 0 radical (unpaired) electrons. The first-order valence-electron chi connectivity index (χ1n) is 7.28. The summed E-state index contributed by atoms with van der Waals surface area (Å²) in [4.78, 5) is 7.54. The van der Waals surface area contributed by atoms with Crippen molar-refractivity contribution in [2.45, 2.75) is 10.9 Å². The van der Waals surface area contributed by atoms with Crippen molar-refractivity contribution >= 4 is 39.1 Å². The molecule has 2 aromatic carbocycles. The number of hydrogen-bond acceptors (Lipinski definition) is 3. The van der Waals surface area contributed by atoms with Gasteiger partial charge < -0.3 is 10.5 Å². The molecule has 0 aliphatic heterocycles. The maximum Gasteiger partial charge on any atom is 0.197 e. The van der Waals surface area contributed by atoms with E-state index < -0.39 is 10.8 Å². The minimum atomic E-state index is -1.24. The normalized spacial score (nSPS) is 12.8. The minimum Gasteiger partial charge on any atom is -0.870 e. The fourth-order valence-corrected chi connectivity index (χ4v) is 3.82. The van der Waals surface area contributed by atoms with Gasteiger partial charge in [-0.1, -0.05) is 29.8 Å². The van der Waals surface area contributed by atoms with Crippen molar-refractivity contribution in [3.8, 4) is 0 Å². The van der Waals surface area contributed by atoms with Gasteiger partial charge in [0.2, 0.25) is 0 Å². The third-order valence-corrected chi connectivity index (χ3v) is 5.07. The monoisotopic (exact) mass is 365 g/mol. The molecule has 3 aromatic rings. The van der Waals surface area contributed by atoms with Crippen LogP contribution in [0.15, 0.2) is 47.6 Å². The summed E-state index contributed by atoms with van der Waals surface area (Å²) in [7, 11) is 5.07. The predicted octanol–water partition coefficient (Wildman–Crippen LogP) is 3.54. The smallest absolute Gasteiger partial charge is 0.197 e. The van der Waals surface area contributed by atoms with Gasteiger partial charge in [0.05, 0.1) is 48.7 Å². The van der Waals surface area contributed by atoms with Crippen molar-refractivity contribution in [1.29, 1.82) is 0 Å². The fraction of sp³-hybridized carbons (Fsp3) is 0.235. The molecule has 24 heavy (non-hydrogen) atoms. The van der Waals surface area contributed by atoms with Crippen molar-refractivity contribution in [3.63, 3.8) is 0 Å². The van der Waals surface area contributed by atoms with Crippen LogP contribution in [0.2, 0.25) is 5.02 Å². The number of nitrogens with one attached hydrogen (secondary N) is 1. The third kappa shape index (κ3) is 3.84. The number of quaternary nitrogens is 1. The Bertz CT molecular complexity index is 887. The first-order valence-corrected chi connectivity index (χ1v) is 8.98. The summed E-state index contributed by atoms with van der Waals surface area (Å²) < 4.78 is 13.4. The molecule has 0 aliphatic rings. The molecular weight excluding hydrogens is 346 g/mol. The average Bonchev–Trinajstić information content (AvgIpc) is 2.89. The Morgan fingerprint density at radius 2 is 1.88 bits per heavy atom. The lowest BCUT2D eigenvalue weighted by Gasteiger charge is -2.25. The van der Waals surface area contributed by atoms with Crippen molar-refractivity contribution in [2.24, 2.45) is 0 Å². The topological polar surface area (TPSA) is 75.8 Å². The lowest BCUT2D eigenvalue weighted by Crippen LogP contribution is -2.35. The average molecular weight is 366 g/mol. The maximum absolute atomic E-state index is 12.7. The Hall–Kier alpha value is -1.73. The number of halogens is 1. The van der Waals surface area contributed by atoms with E-state index in [1.807, 2.05) is 24.3 Å². The number of imidazole rings is 1. The van der Waals surface area contributed by atoms with Crippen molar-refractivity contribution < 1.29 is 9.69 Å². The highest BCUT2D eigenvalue weighted by molar-refractivity contribution is 7.84. The summed E-state index contributed by atoms with van der Waals surface area (Å²) in [6.45, 7) is 0. The summed E-state index contributed by atoms with van der Waals surface area (Å²) >= 11 is 5.98. The van der Waals surface area contributed by atoms with E-state index >= 15 is 0 Å². The van der Waals surface area contributed by atoms with Crippen LogP contribution in [0.5, 0.6) is 0 Å². The van der Waals surface area contributed by atoms with Gasteiger partial charge >= 0.3 is 0 Å². The lowest BCUT2D eigenvalue weighted by molar-refractivity contribution is 0.483. The summed E-state index contributed by atoms with van der Waals surface area (Å²) in [6, 6.07) is 13.5. The molecule has 0 amide bonds. The molecule has 0 fully saturated rings. The van der Waals surface area contributed by atoms with Crippen LogP contribution < -0.4 is 4.48 Å². The molecule has 2 N–H and O–H groups in total. The largest absolute Gasteiger partial charge is 0.870 e. The van der Waals surface area contributed by atoms with Gasteiger partial charge in [-0.25, -0.2) is 4.98 Å². The summed E-state index contributed by atoms with van der Waals surface area (Å²) in [5.74, 6) is 0.430. The summed E-state index contributed by atoms with van der Waals surface area (Å²) in [5, 5.41) is 1.12. The second-order valence-electron chi connectivity index (χ2n) is 6.33. The first-order chi connectivity index (χ1) is 10.8. The molecular formula is C17H20ClN3O2S. The number of H-pyrrole nitrogens is 1. The van der Waals surface area contributed by atoms with Crippen LogP contribution in [-0.4, -0.2) is 40.8 Å². The first kappa shape index (κ1) is 18.6. The SMILES string of the molecule is C[N+](C)(C)c1ccccc1CS(=O)c1nc2ccc(Cl)cc2[nH]1.[OH-]. The van der Waals surface area contributed by atoms with Crippen LogP contribution in [-0.2, 0) is 16.6 Å². The molecule has 0 saturated carbocycles. The van der Waals surface area contributed by atoms with E-state index in [0.717, 1.165) is 22.3 Å². The molecule has 1 heterocycles. The molecule has 7 heteroatoms. The van der Waals surface area contributed by atoms with E-state index in [-0.39, 0.29) is 5.48 Å². The Kier molecular flexibility index (Phi) is 5.45. The van der Waals surface area contributed by atoms with Crippen molar-refractivity contribution in [1.82, 2.24) is 14.5 Å². The van der Waals surface area contributed by atoms with Gasteiger partial charge in [-0.2, -0.15) is 0 Å². The van der Waals surface area contributed by atoms with E-state index in [2.05, 4.69) is 37.2 Å². The van der Waals surface area contributed by atoms with E-state index in [9.17, 15) is 4.21 Å². The van der Waals surface area contributed by atoms with E-state index in [1.165, 1.54) is 0 Å². The molecule has 5 nitrogen and oxygen atoms in total.